The highest BCUT2D eigenvalue weighted by molar-refractivity contribution is 5.24. The molecular formula is C28H46N6. The minimum absolute atomic E-state index is 0.991. The molecule has 0 saturated carbocycles. The van der Waals surface area contributed by atoms with E-state index in [9.17, 15) is 0 Å². The van der Waals surface area contributed by atoms with E-state index in [4.69, 9.17) is 0 Å². The summed E-state index contributed by atoms with van der Waals surface area (Å²) in [6.45, 7) is 12.2. The minimum Gasteiger partial charge on any atom is -0.314 e. The van der Waals surface area contributed by atoms with Crippen LogP contribution in [-0.4, -0.2) is 100 Å². The van der Waals surface area contributed by atoms with Crippen molar-refractivity contribution in [2.24, 2.45) is 0 Å². The van der Waals surface area contributed by atoms with Crippen molar-refractivity contribution in [3.05, 3.63) is 70.8 Å². The Morgan fingerprint density at radius 1 is 0.471 bits per heavy atom. The van der Waals surface area contributed by atoms with Crippen molar-refractivity contribution in [3.63, 3.8) is 0 Å². The average Bonchev–Trinajstić information content (AvgIpc) is 2.78. The third-order valence-corrected chi connectivity index (χ3v) is 6.47. The van der Waals surface area contributed by atoms with Gasteiger partial charge < -0.3 is 30.2 Å². The Morgan fingerprint density at radius 3 is 1.00 bits per heavy atom. The van der Waals surface area contributed by atoms with Crippen LogP contribution < -0.4 is 10.6 Å². The molecule has 2 aromatic carbocycles. The van der Waals surface area contributed by atoms with Crippen molar-refractivity contribution in [1.29, 1.82) is 0 Å². The molecule has 1 heterocycles. The van der Waals surface area contributed by atoms with Crippen LogP contribution in [0.25, 0.3) is 0 Å². The number of rotatable bonds is 0. The summed E-state index contributed by atoms with van der Waals surface area (Å²) in [5.41, 5.74) is 5.58. The van der Waals surface area contributed by atoms with Crippen molar-refractivity contribution in [3.8, 4) is 0 Å². The first-order valence-electron chi connectivity index (χ1n) is 12.8. The molecule has 0 fully saturated rings. The predicted octanol–water partition coefficient (Wildman–Crippen LogP) is 2.31. The molecule has 6 nitrogen and oxygen atoms in total. The Kier molecular flexibility index (Phi) is 11.5. The van der Waals surface area contributed by atoms with Gasteiger partial charge in [-0.3, -0.25) is 0 Å². The fourth-order valence-electron chi connectivity index (χ4n) is 4.55. The summed E-state index contributed by atoms with van der Waals surface area (Å²) in [4.78, 5) is 9.63. The number of hydrogen-bond donors (Lipinski definition) is 2. The van der Waals surface area contributed by atoms with Gasteiger partial charge in [0.2, 0.25) is 0 Å². The summed E-state index contributed by atoms with van der Waals surface area (Å²) < 4.78 is 0. The maximum absolute atomic E-state index is 3.62. The van der Waals surface area contributed by atoms with Gasteiger partial charge in [-0.1, -0.05) is 48.5 Å². The van der Waals surface area contributed by atoms with E-state index in [1.54, 1.807) is 0 Å². The second kappa shape index (κ2) is 14.6. The molecule has 0 radical (unpaired) electrons. The van der Waals surface area contributed by atoms with Crippen molar-refractivity contribution in [1.82, 2.24) is 30.2 Å². The van der Waals surface area contributed by atoms with Gasteiger partial charge in [0.1, 0.15) is 0 Å². The number of nitrogens with zero attached hydrogens (tertiary/aromatic N) is 4. The fourth-order valence-corrected chi connectivity index (χ4v) is 4.55. The lowest BCUT2D eigenvalue weighted by Crippen LogP contribution is -2.34. The van der Waals surface area contributed by atoms with Crippen LogP contribution in [-0.2, 0) is 26.2 Å². The van der Waals surface area contributed by atoms with Crippen LogP contribution in [0, 0.1) is 0 Å². The molecule has 3 rings (SSSR count). The number of nitrogens with one attached hydrogen (secondary N) is 2. The molecule has 0 amide bonds. The van der Waals surface area contributed by atoms with Gasteiger partial charge in [-0.2, -0.15) is 0 Å². The zero-order chi connectivity index (χ0) is 24.2. The maximum Gasteiger partial charge on any atom is 0.0231 e. The molecule has 34 heavy (non-hydrogen) atoms. The molecule has 188 valence electrons. The number of hydrogen-bond acceptors (Lipinski definition) is 6. The lowest BCUT2D eigenvalue weighted by Gasteiger charge is -2.22. The van der Waals surface area contributed by atoms with Crippen molar-refractivity contribution >= 4 is 0 Å². The van der Waals surface area contributed by atoms with Crippen LogP contribution in [0.4, 0.5) is 0 Å². The Balaban J connectivity index is 1.58. The lowest BCUT2D eigenvalue weighted by molar-refractivity contribution is 0.299. The third-order valence-electron chi connectivity index (χ3n) is 6.47. The van der Waals surface area contributed by atoms with Crippen molar-refractivity contribution in [2.45, 2.75) is 26.2 Å². The summed E-state index contributed by atoms with van der Waals surface area (Å²) in [6, 6.07) is 18.1. The number of benzene rings is 2. The van der Waals surface area contributed by atoms with Gasteiger partial charge in [-0.15, -0.1) is 0 Å². The molecule has 6 heteroatoms. The molecule has 0 saturated heterocycles. The monoisotopic (exact) mass is 466 g/mol. The summed E-state index contributed by atoms with van der Waals surface area (Å²) in [6.07, 6.45) is 0. The van der Waals surface area contributed by atoms with Gasteiger partial charge in [0, 0.05) is 78.5 Å². The zero-order valence-corrected chi connectivity index (χ0v) is 21.9. The number of likely N-dealkylation sites (N-methyl/N-ethyl adjacent to an activating group) is 4. The van der Waals surface area contributed by atoms with Crippen molar-refractivity contribution < 1.29 is 0 Å². The molecule has 0 unspecified atom stereocenters. The van der Waals surface area contributed by atoms with Gasteiger partial charge in [-0.25, -0.2) is 0 Å². The van der Waals surface area contributed by atoms with Crippen LogP contribution >= 0.6 is 0 Å². The SMILES string of the molecule is CN1CCNCCN(C)Cc2cccc(c2)CN(C)CCNCCN(C)Cc2cccc(c2)C1. The Hall–Kier alpha value is -1.80. The Morgan fingerprint density at radius 2 is 0.735 bits per heavy atom. The van der Waals surface area contributed by atoms with E-state index in [0.717, 1.165) is 78.5 Å². The van der Waals surface area contributed by atoms with Crippen LogP contribution in [0.3, 0.4) is 0 Å². The van der Waals surface area contributed by atoms with E-state index in [0.29, 0.717) is 0 Å². The van der Waals surface area contributed by atoms with Gasteiger partial charge in [-0.05, 0) is 50.4 Å². The fraction of sp³-hybridized carbons (Fsp3) is 0.571. The Bertz CT molecular complexity index is 713. The summed E-state index contributed by atoms with van der Waals surface area (Å²) in [7, 11) is 8.86. The molecule has 1 aliphatic heterocycles. The topological polar surface area (TPSA) is 37.0 Å². The minimum atomic E-state index is 0.991. The van der Waals surface area contributed by atoms with Gasteiger partial charge in [0.05, 0.1) is 0 Å². The summed E-state index contributed by atoms with van der Waals surface area (Å²) >= 11 is 0. The normalized spacial score (nSPS) is 20.6. The molecule has 0 spiro atoms. The maximum atomic E-state index is 3.62. The van der Waals surface area contributed by atoms with Gasteiger partial charge in [0.15, 0.2) is 0 Å². The molecule has 4 bridgehead atoms. The largest absolute Gasteiger partial charge is 0.314 e. The highest BCUT2D eigenvalue weighted by Gasteiger charge is 2.07. The Labute approximate surface area is 207 Å². The van der Waals surface area contributed by atoms with Crippen LogP contribution in [0.15, 0.2) is 48.5 Å². The smallest absolute Gasteiger partial charge is 0.0231 e. The van der Waals surface area contributed by atoms with E-state index >= 15 is 0 Å². The molecule has 2 N–H and O–H groups in total. The first-order valence-corrected chi connectivity index (χ1v) is 12.8. The summed E-state index contributed by atoms with van der Waals surface area (Å²) in [5, 5.41) is 7.24. The predicted molar refractivity (Wildman–Crippen MR) is 144 cm³/mol. The van der Waals surface area contributed by atoms with E-state index in [1.807, 2.05) is 0 Å². The van der Waals surface area contributed by atoms with E-state index in [-0.39, 0.29) is 0 Å². The molecular weight excluding hydrogens is 420 g/mol. The lowest BCUT2D eigenvalue weighted by atomic mass is 10.1. The first-order chi connectivity index (χ1) is 16.5. The number of fused-ring (bicyclic) bond motifs is 4. The molecule has 0 aromatic heterocycles. The van der Waals surface area contributed by atoms with Crippen LogP contribution in [0.2, 0.25) is 0 Å². The molecule has 1 aliphatic rings. The van der Waals surface area contributed by atoms with Gasteiger partial charge in [0.25, 0.3) is 0 Å². The van der Waals surface area contributed by atoms with Crippen molar-refractivity contribution in [2.75, 3.05) is 80.5 Å². The highest BCUT2D eigenvalue weighted by Crippen LogP contribution is 2.11. The molecule has 2 aromatic rings. The van der Waals surface area contributed by atoms with Gasteiger partial charge >= 0.3 is 0 Å². The third kappa shape index (κ3) is 10.2. The molecule has 0 aliphatic carbocycles. The highest BCUT2D eigenvalue weighted by atomic mass is 15.1. The van der Waals surface area contributed by atoms with Crippen LogP contribution in [0.1, 0.15) is 22.3 Å². The first kappa shape index (κ1) is 26.8. The second-order valence-electron chi connectivity index (χ2n) is 10.1. The average molecular weight is 467 g/mol. The van der Waals surface area contributed by atoms with Crippen LogP contribution in [0.5, 0.6) is 0 Å². The zero-order valence-electron chi connectivity index (χ0n) is 21.9. The summed E-state index contributed by atoms with van der Waals surface area (Å²) in [5.74, 6) is 0. The standard InChI is InChI=1S/C28H46N6/c1-31-15-11-29-12-16-32(2)23-27-9-6-10-28(20-27)24-34(4)18-14-30-13-17-33(3)22-26-8-5-7-25(19-26)21-31/h5-10,19-20,29-30H,11-18,21-24H2,1-4H3. The van der Waals surface area contributed by atoms with E-state index in [2.05, 4.69) is 107 Å². The molecule has 0 atom stereocenters. The van der Waals surface area contributed by atoms with E-state index in [1.165, 1.54) is 22.3 Å². The second-order valence-corrected chi connectivity index (χ2v) is 10.1. The van der Waals surface area contributed by atoms with E-state index < -0.39 is 0 Å². The quantitative estimate of drug-likeness (QED) is 0.621.